The Bertz CT molecular complexity index is 779. The van der Waals surface area contributed by atoms with Gasteiger partial charge in [-0.25, -0.2) is 21.6 Å². The molecular formula is C13H18N2O5S2. The Morgan fingerprint density at radius 2 is 1.95 bits per heavy atom. The number of nitrogens with zero attached hydrogens (tertiary/aromatic N) is 1. The van der Waals surface area contributed by atoms with Crippen molar-refractivity contribution in [3.05, 3.63) is 18.2 Å². The van der Waals surface area contributed by atoms with E-state index in [2.05, 4.69) is 4.72 Å². The molecule has 0 spiro atoms. The molecule has 22 heavy (non-hydrogen) atoms. The Labute approximate surface area is 130 Å². The number of hydrogen-bond donors (Lipinski definition) is 1. The number of ether oxygens (including phenoxy) is 1. The van der Waals surface area contributed by atoms with E-state index in [0.29, 0.717) is 6.42 Å². The molecule has 0 aliphatic heterocycles. The number of nitriles is 1. The molecule has 0 unspecified atom stereocenters. The maximum Gasteiger partial charge on any atom is 0.244 e. The minimum atomic E-state index is -4.01. The predicted octanol–water partition coefficient (Wildman–Crippen LogP) is 1.07. The Kier molecular flexibility index (Phi) is 5.93. The molecule has 0 aliphatic carbocycles. The summed E-state index contributed by atoms with van der Waals surface area (Å²) in [5.41, 5.74) is 0. The quantitative estimate of drug-likeness (QED) is 0.790. The first-order chi connectivity index (χ1) is 10.2. The number of sulfone groups is 1. The van der Waals surface area contributed by atoms with E-state index < -0.39 is 25.9 Å². The van der Waals surface area contributed by atoms with E-state index in [0.717, 1.165) is 12.3 Å². The van der Waals surface area contributed by atoms with Crippen molar-refractivity contribution in [3.8, 4) is 11.8 Å². The van der Waals surface area contributed by atoms with Gasteiger partial charge in [-0.05, 0) is 24.6 Å². The first-order valence-corrected chi connectivity index (χ1v) is 9.80. The number of nitrogens with one attached hydrogen (secondary N) is 1. The average Bonchev–Trinajstić information content (AvgIpc) is 2.44. The van der Waals surface area contributed by atoms with E-state index in [9.17, 15) is 16.8 Å². The van der Waals surface area contributed by atoms with Gasteiger partial charge in [0.2, 0.25) is 10.0 Å². The fourth-order valence-electron chi connectivity index (χ4n) is 1.76. The molecular weight excluding hydrogens is 328 g/mol. The van der Waals surface area contributed by atoms with Crippen LogP contribution in [0.5, 0.6) is 5.75 Å². The summed E-state index contributed by atoms with van der Waals surface area (Å²) in [5, 5.41) is 8.70. The fraction of sp³-hybridized carbons (Fsp3) is 0.462. The van der Waals surface area contributed by atoms with E-state index in [1.807, 2.05) is 6.07 Å². The molecule has 1 aromatic rings. The number of rotatable bonds is 7. The lowest BCUT2D eigenvalue weighted by atomic mass is 10.2. The molecule has 0 aliphatic rings. The van der Waals surface area contributed by atoms with Crippen molar-refractivity contribution in [1.82, 2.24) is 4.72 Å². The number of hydrogen-bond acceptors (Lipinski definition) is 6. The average molecular weight is 346 g/mol. The van der Waals surface area contributed by atoms with Crippen LogP contribution in [-0.2, 0) is 19.9 Å². The molecule has 122 valence electrons. The van der Waals surface area contributed by atoms with Crippen molar-refractivity contribution in [2.45, 2.75) is 35.6 Å². The van der Waals surface area contributed by atoms with Crippen LogP contribution < -0.4 is 9.46 Å². The van der Waals surface area contributed by atoms with Crippen molar-refractivity contribution in [2.75, 3.05) is 13.4 Å². The third-order valence-corrected chi connectivity index (χ3v) is 5.66. The van der Waals surface area contributed by atoms with Crippen LogP contribution >= 0.6 is 0 Å². The van der Waals surface area contributed by atoms with E-state index in [1.54, 1.807) is 6.92 Å². The highest BCUT2D eigenvalue weighted by Gasteiger charge is 2.24. The van der Waals surface area contributed by atoms with Gasteiger partial charge >= 0.3 is 0 Å². The largest absolute Gasteiger partial charge is 0.495 e. The zero-order valence-electron chi connectivity index (χ0n) is 12.5. The van der Waals surface area contributed by atoms with Gasteiger partial charge in [0.05, 0.1) is 24.5 Å². The zero-order valence-corrected chi connectivity index (χ0v) is 14.2. The van der Waals surface area contributed by atoms with Crippen LogP contribution in [0.1, 0.15) is 19.8 Å². The van der Waals surface area contributed by atoms with Gasteiger partial charge in [-0.2, -0.15) is 5.26 Å². The fourth-order valence-corrected chi connectivity index (χ4v) is 4.00. The van der Waals surface area contributed by atoms with Crippen LogP contribution in [-0.4, -0.2) is 36.2 Å². The molecule has 1 aromatic carbocycles. The number of benzene rings is 1. The molecule has 0 fully saturated rings. The first-order valence-electron chi connectivity index (χ1n) is 6.43. The summed E-state index contributed by atoms with van der Waals surface area (Å²) in [4.78, 5) is -0.392. The van der Waals surface area contributed by atoms with Crippen molar-refractivity contribution < 1.29 is 21.6 Å². The van der Waals surface area contributed by atoms with Gasteiger partial charge in [-0.3, -0.25) is 0 Å². The highest BCUT2D eigenvalue weighted by Crippen LogP contribution is 2.27. The summed E-state index contributed by atoms with van der Waals surface area (Å²) in [6, 6.07) is 4.97. The molecule has 0 heterocycles. The van der Waals surface area contributed by atoms with Crippen molar-refractivity contribution in [3.63, 3.8) is 0 Å². The van der Waals surface area contributed by atoms with Crippen molar-refractivity contribution in [1.29, 1.82) is 5.26 Å². The molecule has 1 N–H and O–H groups in total. The summed E-state index contributed by atoms with van der Waals surface area (Å²) in [7, 11) is -6.27. The first kappa shape index (κ1) is 18.4. The summed E-state index contributed by atoms with van der Waals surface area (Å²) >= 11 is 0. The van der Waals surface area contributed by atoms with E-state index in [-0.39, 0.29) is 22.0 Å². The van der Waals surface area contributed by atoms with Gasteiger partial charge in [0, 0.05) is 12.3 Å². The highest BCUT2D eigenvalue weighted by molar-refractivity contribution is 7.91. The highest BCUT2D eigenvalue weighted by atomic mass is 32.2. The second kappa shape index (κ2) is 7.09. The third-order valence-electron chi connectivity index (χ3n) is 3.01. The lowest BCUT2D eigenvalue weighted by Crippen LogP contribution is -2.34. The van der Waals surface area contributed by atoms with Crippen LogP contribution in [0.4, 0.5) is 0 Å². The summed E-state index contributed by atoms with van der Waals surface area (Å²) < 4.78 is 55.5. The van der Waals surface area contributed by atoms with Crippen LogP contribution in [0, 0.1) is 11.3 Å². The Balaban J connectivity index is 3.36. The van der Waals surface area contributed by atoms with E-state index in [1.165, 1.54) is 19.2 Å². The minimum Gasteiger partial charge on any atom is -0.495 e. The normalized spacial score (nSPS) is 13.4. The number of sulfonamides is 1. The van der Waals surface area contributed by atoms with Gasteiger partial charge in [0.25, 0.3) is 0 Å². The van der Waals surface area contributed by atoms with Gasteiger partial charge in [-0.1, -0.05) is 6.92 Å². The Morgan fingerprint density at radius 3 is 2.41 bits per heavy atom. The molecule has 0 amide bonds. The molecule has 0 aromatic heterocycles. The lowest BCUT2D eigenvalue weighted by molar-refractivity contribution is 0.401. The van der Waals surface area contributed by atoms with Crippen LogP contribution in [0.25, 0.3) is 0 Å². The molecule has 0 saturated heterocycles. The summed E-state index contributed by atoms with van der Waals surface area (Å²) in [5.74, 6) is 0.0340. The van der Waals surface area contributed by atoms with Crippen LogP contribution in [0.2, 0.25) is 0 Å². The lowest BCUT2D eigenvalue weighted by Gasteiger charge is -2.16. The molecule has 7 nitrogen and oxygen atoms in total. The SMILES string of the molecule is CC[C@@H](CC#N)NS(=O)(=O)c1cc(S(C)(=O)=O)ccc1OC. The molecule has 1 atom stereocenters. The van der Waals surface area contributed by atoms with Crippen LogP contribution in [0.3, 0.4) is 0 Å². The maximum atomic E-state index is 12.4. The topological polar surface area (TPSA) is 113 Å². The second-order valence-corrected chi connectivity index (χ2v) is 8.37. The van der Waals surface area contributed by atoms with Gasteiger partial charge in [-0.15, -0.1) is 0 Å². The summed E-state index contributed by atoms with van der Waals surface area (Å²) in [6.07, 6.45) is 1.44. The molecule has 0 saturated carbocycles. The summed E-state index contributed by atoms with van der Waals surface area (Å²) in [6.45, 7) is 1.74. The van der Waals surface area contributed by atoms with Crippen molar-refractivity contribution in [2.24, 2.45) is 0 Å². The predicted molar refractivity (Wildman–Crippen MR) is 80.7 cm³/mol. The standard InChI is InChI=1S/C13H18N2O5S2/c1-4-10(7-8-14)15-22(18,19)13-9-11(21(3,16)17)5-6-12(13)20-2/h5-6,9-10,15H,4,7H2,1-3H3/t10-/m0/s1. The monoisotopic (exact) mass is 346 g/mol. The van der Waals surface area contributed by atoms with Crippen LogP contribution in [0.15, 0.2) is 28.0 Å². The third kappa shape index (κ3) is 4.43. The van der Waals surface area contributed by atoms with Gasteiger partial charge in [0.1, 0.15) is 10.6 Å². The Morgan fingerprint density at radius 1 is 1.32 bits per heavy atom. The van der Waals surface area contributed by atoms with E-state index in [4.69, 9.17) is 10.00 Å². The molecule has 0 radical (unpaired) electrons. The smallest absolute Gasteiger partial charge is 0.244 e. The molecule has 9 heteroatoms. The van der Waals surface area contributed by atoms with Crippen molar-refractivity contribution >= 4 is 19.9 Å². The zero-order chi connectivity index (χ0) is 17.0. The molecule has 0 bridgehead atoms. The van der Waals surface area contributed by atoms with Gasteiger partial charge in [0.15, 0.2) is 9.84 Å². The minimum absolute atomic E-state index is 0.0177. The number of methoxy groups -OCH3 is 1. The maximum absolute atomic E-state index is 12.4. The molecule has 1 rings (SSSR count). The van der Waals surface area contributed by atoms with Gasteiger partial charge < -0.3 is 4.74 Å². The second-order valence-electron chi connectivity index (χ2n) is 4.67. The van der Waals surface area contributed by atoms with E-state index >= 15 is 0 Å². The Hall–Kier alpha value is -1.63.